The molecule has 144 valence electrons. The number of methoxy groups -OCH3 is 1. The molecule has 0 aliphatic carbocycles. The second-order valence-electron chi connectivity index (χ2n) is 5.05. The summed E-state index contributed by atoms with van der Waals surface area (Å²) in [5, 5.41) is 14.7. The van der Waals surface area contributed by atoms with Crippen molar-refractivity contribution in [2.75, 3.05) is 12.8 Å². The number of anilines is 1. The second-order valence-corrected chi connectivity index (χ2v) is 5.43. The summed E-state index contributed by atoms with van der Waals surface area (Å²) in [5.41, 5.74) is -0.930. The van der Waals surface area contributed by atoms with Crippen molar-refractivity contribution < 1.29 is 40.6 Å². The molecule has 0 unspecified atom stereocenters. The lowest BCUT2D eigenvalue weighted by Gasteiger charge is -2.21. The Morgan fingerprint density at radius 1 is 1.15 bits per heavy atom. The zero-order valence-electron chi connectivity index (χ0n) is 12.8. The molecule has 0 saturated carbocycles. The van der Waals surface area contributed by atoms with Crippen LogP contribution in [0.2, 0.25) is 5.02 Å². The van der Waals surface area contributed by atoms with Crippen LogP contribution in [-0.4, -0.2) is 33.6 Å². The summed E-state index contributed by atoms with van der Waals surface area (Å²) in [4.78, 5) is 3.44. The quantitative estimate of drug-likeness (QED) is 0.754. The summed E-state index contributed by atoms with van der Waals surface area (Å²) < 4.78 is 86.7. The zero-order chi connectivity index (χ0) is 20.1. The standard InChI is InChI=1S/C12H9ClF6N4O3/c1-10(24,12(17,18)19)9-23-22-8(26-9)6-5(20)4(13)3(11(14,15)16)7(21-6)25-2/h24H,20H2,1-2H3/t10-/m1/s1. The zero-order valence-corrected chi connectivity index (χ0v) is 13.6. The number of aromatic nitrogens is 3. The van der Waals surface area contributed by atoms with Gasteiger partial charge in [-0.05, 0) is 6.92 Å². The average Bonchev–Trinajstić information content (AvgIpc) is 2.97. The van der Waals surface area contributed by atoms with Gasteiger partial charge in [-0.3, -0.25) is 0 Å². The van der Waals surface area contributed by atoms with Crippen molar-refractivity contribution in [3.8, 4) is 17.5 Å². The lowest BCUT2D eigenvalue weighted by atomic mass is 10.1. The van der Waals surface area contributed by atoms with E-state index in [1.165, 1.54) is 0 Å². The van der Waals surface area contributed by atoms with Gasteiger partial charge < -0.3 is 20.0 Å². The number of hydrogen-bond acceptors (Lipinski definition) is 7. The number of hydrogen-bond donors (Lipinski definition) is 2. The minimum Gasteiger partial charge on any atom is -0.481 e. The molecular formula is C12H9ClF6N4O3. The molecule has 0 aliphatic rings. The first kappa shape index (κ1) is 20.0. The highest BCUT2D eigenvalue weighted by atomic mass is 35.5. The van der Waals surface area contributed by atoms with Crippen molar-refractivity contribution in [2.24, 2.45) is 0 Å². The monoisotopic (exact) mass is 406 g/mol. The molecular weight excluding hydrogens is 398 g/mol. The normalized spacial score (nSPS) is 15.0. The number of rotatable bonds is 3. The lowest BCUT2D eigenvalue weighted by molar-refractivity contribution is -0.266. The van der Waals surface area contributed by atoms with Crippen LogP contribution in [0.25, 0.3) is 11.6 Å². The van der Waals surface area contributed by atoms with Gasteiger partial charge in [0.25, 0.3) is 11.8 Å². The summed E-state index contributed by atoms with van der Waals surface area (Å²) in [7, 11) is 0.863. The number of aliphatic hydroxyl groups is 1. The molecule has 0 saturated heterocycles. The molecule has 2 aromatic heterocycles. The molecule has 0 aromatic carbocycles. The van der Waals surface area contributed by atoms with Crippen LogP contribution in [0.3, 0.4) is 0 Å². The molecule has 2 heterocycles. The number of nitrogens with two attached hydrogens (primary N) is 1. The van der Waals surface area contributed by atoms with Crippen LogP contribution in [0.4, 0.5) is 32.0 Å². The first-order valence-corrected chi connectivity index (χ1v) is 6.83. The van der Waals surface area contributed by atoms with Crippen LogP contribution in [0.15, 0.2) is 4.42 Å². The molecule has 0 fully saturated rings. The maximum Gasteiger partial charge on any atom is 0.426 e. The Labute approximate surface area is 145 Å². The highest BCUT2D eigenvalue weighted by molar-refractivity contribution is 6.34. The summed E-state index contributed by atoms with van der Waals surface area (Å²) in [5.74, 6) is -3.07. The van der Waals surface area contributed by atoms with Crippen LogP contribution in [0.5, 0.6) is 5.88 Å². The molecule has 0 bridgehead atoms. The molecule has 26 heavy (non-hydrogen) atoms. The molecule has 0 aliphatic heterocycles. The highest BCUT2D eigenvalue weighted by Gasteiger charge is 2.55. The highest BCUT2D eigenvalue weighted by Crippen LogP contribution is 2.46. The fourth-order valence-corrected chi connectivity index (χ4v) is 2.02. The third-order valence-corrected chi connectivity index (χ3v) is 3.60. The lowest BCUT2D eigenvalue weighted by Crippen LogP contribution is -2.39. The smallest absolute Gasteiger partial charge is 0.426 e. The van der Waals surface area contributed by atoms with Crippen molar-refractivity contribution >= 4 is 17.3 Å². The Hall–Kier alpha value is -2.28. The molecule has 0 spiro atoms. The third-order valence-electron chi connectivity index (χ3n) is 3.21. The number of pyridine rings is 1. The molecule has 0 radical (unpaired) electrons. The van der Waals surface area contributed by atoms with Gasteiger partial charge in [-0.2, -0.15) is 26.3 Å². The first-order valence-electron chi connectivity index (χ1n) is 6.45. The van der Waals surface area contributed by atoms with Crippen LogP contribution >= 0.6 is 11.6 Å². The van der Waals surface area contributed by atoms with Crippen molar-refractivity contribution in [1.29, 1.82) is 0 Å². The third kappa shape index (κ3) is 3.23. The van der Waals surface area contributed by atoms with E-state index in [1.54, 1.807) is 0 Å². The minimum absolute atomic E-state index is 0.349. The maximum absolute atomic E-state index is 13.0. The van der Waals surface area contributed by atoms with Crippen molar-refractivity contribution in [3.05, 3.63) is 16.5 Å². The van der Waals surface area contributed by atoms with E-state index in [2.05, 4.69) is 19.9 Å². The van der Waals surface area contributed by atoms with Crippen molar-refractivity contribution in [2.45, 2.75) is 24.9 Å². The molecule has 7 nitrogen and oxygen atoms in total. The summed E-state index contributed by atoms with van der Waals surface area (Å²) in [6, 6.07) is 0. The van der Waals surface area contributed by atoms with E-state index in [0.29, 0.717) is 6.92 Å². The second kappa shape index (κ2) is 6.16. The van der Waals surface area contributed by atoms with Gasteiger partial charge in [0.05, 0.1) is 17.8 Å². The van der Waals surface area contributed by atoms with Crippen molar-refractivity contribution in [1.82, 2.24) is 15.2 Å². The first-order chi connectivity index (χ1) is 11.7. The van der Waals surface area contributed by atoms with E-state index in [1.807, 2.05) is 0 Å². The molecule has 2 rings (SSSR count). The Morgan fingerprint density at radius 3 is 2.19 bits per heavy atom. The van der Waals surface area contributed by atoms with E-state index < -0.39 is 57.6 Å². The molecule has 2 aromatic rings. The van der Waals surface area contributed by atoms with Crippen LogP contribution < -0.4 is 10.5 Å². The van der Waals surface area contributed by atoms with E-state index in [9.17, 15) is 31.4 Å². The van der Waals surface area contributed by atoms with E-state index in [4.69, 9.17) is 21.8 Å². The number of alkyl halides is 6. The average molecular weight is 407 g/mol. The number of nitrogens with zero attached hydrogens (tertiary/aromatic N) is 3. The number of nitrogen functional groups attached to an aromatic ring is 1. The van der Waals surface area contributed by atoms with Gasteiger partial charge >= 0.3 is 12.4 Å². The van der Waals surface area contributed by atoms with Crippen LogP contribution in [-0.2, 0) is 11.8 Å². The molecule has 3 N–H and O–H groups in total. The number of ether oxygens (including phenoxy) is 1. The van der Waals surface area contributed by atoms with Crippen LogP contribution in [0, 0.1) is 0 Å². The Kier molecular flexibility index (Phi) is 4.75. The minimum atomic E-state index is -5.16. The van der Waals surface area contributed by atoms with Crippen molar-refractivity contribution in [3.63, 3.8) is 0 Å². The summed E-state index contributed by atoms with van der Waals surface area (Å²) >= 11 is 5.60. The fourth-order valence-electron chi connectivity index (χ4n) is 1.74. The largest absolute Gasteiger partial charge is 0.481 e. The van der Waals surface area contributed by atoms with Gasteiger partial charge in [0.2, 0.25) is 11.5 Å². The Morgan fingerprint density at radius 2 is 1.73 bits per heavy atom. The number of halogens is 7. The Balaban J connectivity index is 2.64. The fraction of sp³-hybridized carbons (Fsp3) is 0.417. The van der Waals surface area contributed by atoms with Crippen LogP contribution in [0.1, 0.15) is 18.4 Å². The van der Waals surface area contributed by atoms with Gasteiger partial charge in [0, 0.05) is 0 Å². The summed E-state index contributed by atoms with van der Waals surface area (Å²) in [6.07, 6.45) is -10.1. The van der Waals surface area contributed by atoms with E-state index in [-0.39, 0.29) is 0 Å². The van der Waals surface area contributed by atoms with Gasteiger partial charge in [0.1, 0.15) is 5.56 Å². The van der Waals surface area contributed by atoms with Gasteiger partial charge in [-0.25, -0.2) is 4.98 Å². The predicted octanol–water partition coefficient (Wildman–Crippen LogP) is 3.16. The maximum atomic E-state index is 13.0. The Bertz CT molecular complexity index is 834. The molecule has 14 heteroatoms. The SMILES string of the molecule is COc1nc(-c2nnc([C@@](C)(O)C(F)(F)F)o2)c(N)c(Cl)c1C(F)(F)F. The topological polar surface area (TPSA) is 107 Å². The summed E-state index contributed by atoms with van der Waals surface area (Å²) in [6.45, 7) is 0.349. The van der Waals surface area contributed by atoms with Gasteiger partial charge in [-0.1, -0.05) is 11.6 Å². The van der Waals surface area contributed by atoms with Gasteiger partial charge in [-0.15, -0.1) is 10.2 Å². The molecule has 1 atom stereocenters. The van der Waals surface area contributed by atoms with Gasteiger partial charge in [0.15, 0.2) is 5.69 Å². The van der Waals surface area contributed by atoms with E-state index in [0.717, 1.165) is 7.11 Å². The van der Waals surface area contributed by atoms with E-state index >= 15 is 0 Å². The molecule has 0 amide bonds. The predicted molar refractivity (Wildman–Crippen MR) is 74.1 cm³/mol.